The van der Waals surface area contributed by atoms with Crippen molar-refractivity contribution in [1.82, 2.24) is 4.90 Å². The minimum absolute atomic E-state index is 0.0824. The van der Waals surface area contributed by atoms with Crippen LogP contribution in [0, 0.1) is 11.7 Å². The van der Waals surface area contributed by atoms with Crippen molar-refractivity contribution < 1.29 is 18.7 Å². The Bertz CT molecular complexity index is 1050. The van der Waals surface area contributed by atoms with Gasteiger partial charge in [0.05, 0.1) is 10.8 Å². The van der Waals surface area contributed by atoms with Crippen LogP contribution in [0.15, 0.2) is 48.5 Å². The Hall–Kier alpha value is -2.93. The topological polar surface area (TPSA) is 72.6 Å². The van der Waals surface area contributed by atoms with Crippen LogP contribution in [-0.2, 0) is 11.4 Å². The van der Waals surface area contributed by atoms with Crippen molar-refractivity contribution in [2.75, 3.05) is 13.1 Å². The number of benzene rings is 2. The molecule has 0 aliphatic carbocycles. The van der Waals surface area contributed by atoms with Crippen LogP contribution in [0.3, 0.4) is 0 Å². The molecule has 1 aliphatic heterocycles. The number of ether oxygens (including phenoxy) is 1. The zero-order chi connectivity index (χ0) is 20.4. The maximum atomic E-state index is 14.6. The second-order valence-electron chi connectivity index (χ2n) is 7.12. The molecule has 0 bridgehead atoms. The molecule has 4 rings (SSSR count). The first-order valence-corrected chi connectivity index (χ1v) is 10.3. The van der Waals surface area contributed by atoms with Crippen LogP contribution in [0.2, 0.25) is 0 Å². The van der Waals surface area contributed by atoms with Gasteiger partial charge < -0.3 is 15.4 Å². The van der Waals surface area contributed by atoms with E-state index >= 15 is 0 Å². The molecule has 2 amide bonds. The van der Waals surface area contributed by atoms with Gasteiger partial charge in [-0.2, -0.15) is 0 Å². The summed E-state index contributed by atoms with van der Waals surface area (Å²) in [5.74, 6) is -0.671. The van der Waals surface area contributed by atoms with Crippen LogP contribution >= 0.6 is 11.3 Å². The van der Waals surface area contributed by atoms with Crippen molar-refractivity contribution in [2.45, 2.75) is 19.4 Å². The number of hydrogen-bond donors (Lipinski definition) is 1. The number of nitrogens with two attached hydrogens (primary N) is 1. The van der Waals surface area contributed by atoms with Gasteiger partial charge in [-0.05, 0) is 37.1 Å². The molecule has 3 aromatic rings. The van der Waals surface area contributed by atoms with Gasteiger partial charge in [-0.15, -0.1) is 11.3 Å². The van der Waals surface area contributed by atoms with Crippen molar-refractivity contribution >= 4 is 33.2 Å². The lowest BCUT2D eigenvalue weighted by Crippen LogP contribution is -2.44. The fraction of sp³-hybridized carbons (Fsp3) is 0.273. The molecule has 5 nitrogen and oxygen atoms in total. The Kier molecular flexibility index (Phi) is 5.49. The number of hydrogen-bond acceptors (Lipinski definition) is 4. The number of carbonyl (C=O) groups is 2. The van der Waals surface area contributed by atoms with E-state index in [2.05, 4.69) is 0 Å². The number of para-hydroxylation sites is 1. The zero-order valence-corrected chi connectivity index (χ0v) is 16.6. The summed E-state index contributed by atoms with van der Waals surface area (Å²) in [4.78, 5) is 27.0. The van der Waals surface area contributed by atoms with Crippen LogP contribution < -0.4 is 10.5 Å². The SMILES string of the molecule is NC(=O)C1CCCN(C(=O)c2sc3cccc(F)c3c2COc2ccccc2)C1. The highest BCUT2D eigenvalue weighted by Gasteiger charge is 2.30. The third kappa shape index (κ3) is 3.96. The van der Waals surface area contributed by atoms with Crippen molar-refractivity contribution in [3.63, 3.8) is 0 Å². The summed E-state index contributed by atoms with van der Waals surface area (Å²) in [6.45, 7) is 0.932. The van der Waals surface area contributed by atoms with Crippen molar-refractivity contribution in [3.05, 3.63) is 64.8 Å². The fourth-order valence-corrected chi connectivity index (χ4v) is 4.88. The molecule has 1 fully saturated rings. The van der Waals surface area contributed by atoms with Crippen molar-refractivity contribution in [1.29, 1.82) is 0 Å². The van der Waals surface area contributed by atoms with Crippen LogP contribution in [0.5, 0.6) is 5.75 Å². The van der Waals surface area contributed by atoms with E-state index < -0.39 is 5.91 Å². The quantitative estimate of drug-likeness (QED) is 0.690. The lowest BCUT2D eigenvalue weighted by Gasteiger charge is -2.31. The van der Waals surface area contributed by atoms with Crippen LogP contribution in [0.1, 0.15) is 28.1 Å². The van der Waals surface area contributed by atoms with E-state index in [1.807, 2.05) is 30.3 Å². The molecule has 2 heterocycles. The van der Waals surface area contributed by atoms with Gasteiger partial charge in [0, 0.05) is 28.7 Å². The summed E-state index contributed by atoms with van der Waals surface area (Å²) >= 11 is 1.26. The van der Waals surface area contributed by atoms with E-state index in [9.17, 15) is 14.0 Å². The number of primary amides is 1. The van der Waals surface area contributed by atoms with Gasteiger partial charge in [0.1, 0.15) is 18.2 Å². The normalized spacial score (nSPS) is 16.7. The maximum absolute atomic E-state index is 14.6. The number of carbonyl (C=O) groups excluding carboxylic acids is 2. The Balaban J connectivity index is 1.68. The Labute approximate surface area is 171 Å². The molecule has 2 aromatic carbocycles. The minimum atomic E-state index is -0.391. The van der Waals surface area contributed by atoms with Gasteiger partial charge in [0.2, 0.25) is 5.91 Å². The van der Waals surface area contributed by atoms with Gasteiger partial charge in [0.15, 0.2) is 0 Å². The highest BCUT2D eigenvalue weighted by Crippen LogP contribution is 2.35. The number of halogens is 1. The molecule has 0 radical (unpaired) electrons. The number of amides is 2. The average Bonchev–Trinajstić information content (AvgIpc) is 3.12. The molecule has 2 N–H and O–H groups in total. The third-order valence-corrected chi connectivity index (χ3v) is 6.38. The second kappa shape index (κ2) is 8.21. The summed E-state index contributed by atoms with van der Waals surface area (Å²) < 4.78 is 21.2. The summed E-state index contributed by atoms with van der Waals surface area (Å²) in [6.07, 6.45) is 1.40. The molecule has 1 saturated heterocycles. The molecule has 0 saturated carbocycles. The molecule has 7 heteroatoms. The van der Waals surface area contributed by atoms with E-state index in [-0.39, 0.29) is 24.2 Å². The van der Waals surface area contributed by atoms with Crippen LogP contribution in [0.4, 0.5) is 4.39 Å². The highest BCUT2D eigenvalue weighted by atomic mass is 32.1. The zero-order valence-electron chi connectivity index (χ0n) is 15.8. The summed E-state index contributed by atoms with van der Waals surface area (Å²) in [7, 11) is 0. The lowest BCUT2D eigenvalue weighted by atomic mass is 9.97. The predicted molar refractivity (Wildman–Crippen MR) is 110 cm³/mol. The van der Waals surface area contributed by atoms with Gasteiger partial charge in [-0.1, -0.05) is 24.3 Å². The molecule has 1 atom stereocenters. The first-order chi connectivity index (χ1) is 14.0. The molecule has 29 heavy (non-hydrogen) atoms. The van der Waals surface area contributed by atoms with Gasteiger partial charge in [0.25, 0.3) is 5.91 Å². The van der Waals surface area contributed by atoms with E-state index in [0.717, 1.165) is 0 Å². The largest absolute Gasteiger partial charge is 0.489 e. The number of likely N-dealkylation sites (tertiary alicyclic amines) is 1. The maximum Gasteiger partial charge on any atom is 0.264 e. The molecule has 1 aliphatic rings. The first kappa shape index (κ1) is 19.4. The van der Waals surface area contributed by atoms with Crippen molar-refractivity contribution in [2.24, 2.45) is 11.7 Å². The molecular weight excluding hydrogens is 391 g/mol. The summed E-state index contributed by atoms with van der Waals surface area (Å²) in [5, 5.41) is 0.417. The highest BCUT2D eigenvalue weighted by molar-refractivity contribution is 7.21. The monoisotopic (exact) mass is 412 g/mol. The smallest absolute Gasteiger partial charge is 0.264 e. The van der Waals surface area contributed by atoms with Crippen LogP contribution in [0.25, 0.3) is 10.1 Å². The standard InChI is InChI=1S/C22H21FN2O3S/c23-17-9-4-10-18-19(17)16(13-28-15-7-2-1-3-8-15)20(29-18)22(27)25-11-5-6-14(12-25)21(24)26/h1-4,7-10,14H,5-6,11-13H2,(H2,24,26). The van der Waals surface area contributed by atoms with E-state index in [1.165, 1.54) is 17.4 Å². The number of rotatable bonds is 5. The van der Waals surface area contributed by atoms with Crippen molar-refractivity contribution in [3.8, 4) is 5.75 Å². The lowest BCUT2D eigenvalue weighted by molar-refractivity contribution is -0.123. The first-order valence-electron chi connectivity index (χ1n) is 9.51. The van der Waals surface area contributed by atoms with E-state index in [0.29, 0.717) is 52.2 Å². The molecule has 1 aromatic heterocycles. The second-order valence-corrected chi connectivity index (χ2v) is 8.17. The predicted octanol–water partition coefficient (Wildman–Crippen LogP) is 3.96. The minimum Gasteiger partial charge on any atom is -0.489 e. The van der Waals surface area contributed by atoms with Gasteiger partial charge in [-0.3, -0.25) is 9.59 Å². The molecule has 0 spiro atoms. The van der Waals surface area contributed by atoms with E-state index in [4.69, 9.17) is 10.5 Å². The average molecular weight is 412 g/mol. The molecular formula is C22H21FN2O3S. The molecule has 1 unspecified atom stereocenters. The number of piperidine rings is 1. The fourth-order valence-electron chi connectivity index (χ4n) is 3.69. The van der Waals surface area contributed by atoms with Gasteiger partial charge >= 0.3 is 0 Å². The van der Waals surface area contributed by atoms with Gasteiger partial charge in [-0.25, -0.2) is 4.39 Å². The number of fused-ring (bicyclic) bond motifs is 1. The Morgan fingerprint density at radius 1 is 1.17 bits per heavy atom. The summed E-state index contributed by atoms with van der Waals surface area (Å²) in [6, 6.07) is 14.0. The number of thiophene rings is 1. The number of nitrogens with zero attached hydrogens (tertiary/aromatic N) is 1. The Morgan fingerprint density at radius 2 is 1.97 bits per heavy atom. The van der Waals surface area contributed by atoms with E-state index in [1.54, 1.807) is 17.0 Å². The Morgan fingerprint density at radius 3 is 2.72 bits per heavy atom. The van der Waals surface area contributed by atoms with Crippen LogP contribution in [-0.4, -0.2) is 29.8 Å². The summed E-state index contributed by atoms with van der Waals surface area (Å²) in [5.41, 5.74) is 5.99. The third-order valence-electron chi connectivity index (χ3n) is 5.19. The molecule has 150 valence electrons.